The van der Waals surface area contributed by atoms with Crippen molar-refractivity contribution in [2.75, 3.05) is 0 Å². The number of rotatable bonds is 6. The van der Waals surface area contributed by atoms with Gasteiger partial charge in [0, 0.05) is 37.9 Å². The van der Waals surface area contributed by atoms with Crippen molar-refractivity contribution in [3.8, 4) is 33.6 Å². The molecule has 7 aromatic rings. The van der Waals surface area contributed by atoms with Gasteiger partial charge >= 0.3 is 0 Å². The van der Waals surface area contributed by atoms with E-state index in [2.05, 4.69) is 149 Å². The molecule has 5 heteroatoms. The van der Waals surface area contributed by atoms with Gasteiger partial charge < -0.3 is 14.4 Å². The quantitative estimate of drug-likeness (QED) is 0.124. The van der Waals surface area contributed by atoms with Gasteiger partial charge in [0.2, 0.25) is 0 Å². The zero-order valence-electron chi connectivity index (χ0n) is 30.4. The van der Waals surface area contributed by atoms with Crippen LogP contribution in [-0.2, 0) is 31.9 Å². The van der Waals surface area contributed by atoms with E-state index in [0.717, 1.165) is 56.4 Å². The van der Waals surface area contributed by atoms with Gasteiger partial charge in [-0.15, -0.1) is 54.1 Å². The van der Waals surface area contributed by atoms with Crippen LogP contribution in [0.1, 0.15) is 45.7 Å². The summed E-state index contributed by atoms with van der Waals surface area (Å²) in [7, 11) is -1.23. The van der Waals surface area contributed by atoms with Crippen LogP contribution in [0.3, 0.4) is 0 Å². The topological polar surface area (TPSA) is 38.9 Å². The third-order valence-corrected chi connectivity index (χ3v) is 10.9. The van der Waals surface area contributed by atoms with Crippen molar-refractivity contribution in [3.63, 3.8) is 0 Å². The molecular formula is C45H46IrN2OSi-2. The summed E-state index contributed by atoms with van der Waals surface area (Å²) in [6, 6.07) is 42.5. The predicted molar refractivity (Wildman–Crippen MR) is 210 cm³/mol. The Bertz CT molecular complexity index is 2170. The van der Waals surface area contributed by atoms with E-state index < -0.39 is 8.07 Å². The summed E-state index contributed by atoms with van der Waals surface area (Å²) >= 11 is 0. The molecule has 0 unspecified atom stereocenters. The number of benzene rings is 4. The van der Waals surface area contributed by atoms with E-state index in [0.29, 0.717) is 5.92 Å². The molecule has 0 atom stereocenters. The Kier molecular flexibility index (Phi) is 11.4. The van der Waals surface area contributed by atoms with E-state index in [9.17, 15) is 0 Å². The number of nitrogens with zero attached hydrogens (tertiary/aromatic N) is 2. The number of furan rings is 1. The van der Waals surface area contributed by atoms with Crippen molar-refractivity contribution in [2.24, 2.45) is 5.92 Å². The summed E-state index contributed by atoms with van der Waals surface area (Å²) in [6.07, 6.45) is 4.94. The van der Waals surface area contributed by atoms with E-state index in [1.165, 1.54) is 21.9 Å². The summed E-state index contributed by atoms with van der Waals surface area (Å²) in [4.78, 5) is 9.16. The van der Waals surface area contributed by atoms with Gasteiger partial charge in [-0.05, 0) is 63.2 Å². The number of fused-ring (bicyclic) bond motifs is 3. The molecule has 0 amide bonds. The van der Waals surface area contributed by atoms with Crippen LogP contribution in [0.15, 0.2) is 120 Å². The third kappa shape index (κ3) is 8.58. The largest absolute Gasteiger partial charge is 0.501 e. The molecule has 0 bridgehead atoms. The smallest absolute Gasteiger partial charge is 0.121 e. The van der Waals surface area contributed by atoms with Crippen LogP contribution in [0.4, 0.5) is 0 Å². The van der Waals surface area contributed by atoms with E-state index in [4.69, 9.17) is 4.42 Å². The Balaban J connectivity index is 0.000000241. The predicted octanol–water partition coefficient (Wildman–Crippen LogP) is 11.7. The number of hydrogen-bond acceptors (Lipinski definition) is 3. The maximum Gasteiger partial charge on any atom is 0.121 e. The molecule has 1 radical (unpaired) electrons. The van der Waals surface area contributed by atoms with Crippen molar-refractivity contribution >= 4 is 35.2 Å². The molecule has 257 valence electrons. The summed E-state index contributed by atoms with van der Waals surface area (Å²) in [5.41, 5.74) is 10.8. The molecule has 0 saturated heterocycles. The molecule has 4 aromatic carbocycles. The second-order valence-electron chi connectivity index (χ2n) is 15.3. The average molecular weight is 851 g/mol. The SMILES string of the molecule is CC(C)Cc1ccnc(-c2[c-]ccc3c2oc2cc(-c4ccc(C(C)(C)C)cc4)ccc23)c1.C[Si](C)(C)c1ccc(-c2[c-]cccc2)nc1.[Ir]. The summed E-state index contributed by atoms with van der Waals surface area (Å²) in [5.74, 6) is 0.599. The monoisotopic (exact) mass is 851 g/mol. The van der Waals surface area contributed by atoms with Gasteiger partial charge in [0.15, 0.2) is 0 Å². The van der Waals surface area contributed by atoms with Gasteiger partial charge in [-0.1, -0.05) is 125 Å². The zero-order chi connectivity index (χ0) is 34.8. The van der Waals surface area contributed by atoms with E-state index in [1.54, 1.807) is 0 Å². The van der Waals surface area contributed by atoms with Gasteiger partial charge in [-0.25, -0.2) is 0 Å². The molecule has 50 heavy (non-hydrogen) atoms. The van der Waals surface area contributed by atoms with Crippen LogP contribution < -0.4 is 5.19 Å². The Morgan fingerprint density at radius 3 is 2.14 bits per heavy atom. The van der Waals surface area contributed by atoms with Gasteiger partial charge in [-0.2, -0.15) is 0 Å². The summed E-state index contributed by atoms with van der Waals surface area (Å²) in [6.45, 7) is 18.2. The average Bonchev–Trinajstić information content (AvgIpc) is 3.46. The molecule has 0 aliphatic carbocycles. The van der Waals surface area contributed by atoms with Gasteiger partial charge in [0.25, 0.3) is 0 Å². The molecule has 0 spiro atoms. The molecule has 3 aromatic heterocycles. The van der Waals surface area contributed by atoms with Gasteiger partial charge in [0.1, 0.15) is 5.58 Å². The second-order valence-corrected chi connectivity index (χ2v) is 20.4. The van der Waals surface area contributed by atoms with E-state index >= 15 is 0 Å². The maximum absolute atomic E-state index is 6.43. The minimum Gasteiger partial charge on any atom is -0.501 e. The van der Waals surface area contributed by atoms with Gasteiger partial charge in [0.05, 0.1) is 13.7 Å². The van der Waals surface area contributed by atoms with Crippen molar-refractivity contribution in [1.29, 1.82) is 0 Å². The Morgan fingerprint density at radius 1 is 0.740 bits per heavy atom. The fourth-order valence-electron chi connectivity index (χ4n) is 6.03. The first-order valence-corrected chi connectivity index (χ1v) is 20.7. The number of hydrogen-bond donors (Lipinski definition) is 0. The molecule has 0 saturated carbocycles. The van der Waals surface area contributed by atoms with Crippen LogP contribution in [0, 0.1) is 18.1 Å². The van der Waals surface area contributed by atoms with E-state index in [-0.39, 0.29) is 25.5 Å². The molecule has 3 heterocycles. The van der Waals surface area contributed by atoms with Crippen LogP contribution in [0.25, 0.3) is 55.6 Å². The molecular weight excluding hydrogens is 805 g/mol. The van der Waals surface area contributed by atoms with Crippen LogP contribution in [0.5, 0.6) is 0 Å². The Labute approximate surface area is 312 Å². The summed E-state index contributed by atoms with van der Waals surface area (Å²) in [5, 5.41) is 3.62. The second kappa shape index (κ2) is 15.4. The minimum absolute atomic E-state index is 0. The van der Waals surface area contributed by atoms with Crippen LogP contribution >= 0.6 is 0 Å². The minimum atomic E-state index is -1.23. The molecule has 7 rings (SSSR count). The van der Waals surface area contributed by atoms with Crippen molar-refractivity contribution in [2.45, 2.75) is 66.1 Å². The molecule has 0 aliphatic heterocycles. The first-order chi connectivity index (χ1) is 23.4. The van der Waals surface area contributed by atoms with Crippen molar-refractivity contribution in [3.05, 3.63) is 139 Å². The normalized spacial score (nSPS) is 11.7. The first-order valence-electron chi connectivity index (χ1n) is 17.2. The summed E-state index contributed by atoms with van der Waals surface area (Å²) < 4.78 is 6.43. The fourth-order valence-corrected chi connectivity index (χ4v) is 7.07. The fraction of sp³-hybridized carbons (Fsp3) is 0.244. The molecule has 0 N–H and O–H groups in total. The Hall–Kier alpha value is -4.15. The molecule has 0 aliphatic rings. The molecule has 3 nitrogen and oxygen atoms in total. The van der Waals surface area contributed by atoms with Crippen molar-refractivity contribution in [1.82, 2.24) is 9.97 Å². The standard InChI is InChI=1S/C31H30NO.C14H16NSi.Ir/c1-20(2)17-21-15-16-32-28(18-21)27-8-6-7-26-25-14-11-23(19-29(25)33-30(26)27)22-9-12-24(13-10-22)31(3,4)5;1-16(2,3)13-9-10-14(15-11-13)12-7-5-4-6-8-12;/h6-7,9-16,18-20H,17H2,1-5H3;4-7,9-11H,1-3H3;/q2*-1;. The van der Waals surface area contributed by atoms with Crippen molar-refractivity contribution < 1.29 is 24.5 Å². The number of pyridine rings is 2. The number of aromatic nitrogens is 2. The zero-order valence-corrected chi connectivity index (χ0v) is 33.8. The first kappa shape index (κ1) is 37.1. The molecule has 0 fully saturated rings. The van der Waals surface area contributed by atoms with E-state index in [1.807, 2.05) is 42.7 Å². The third-order valence-electron chi connectivity index (χ3n) is 8.86. The van der Waals surface area contributed by atoms with Gasteiger partial charge in [-0.3, -0.25) is 0 Å². The van der Waals surface area contributed by atoms with Crippen LogP contribution in [-0.4, -0.2) is 18.0 Å². The van der Waals surface area contributed by atoms with Crippen LogP contribution in [0.2, 0.25) is 19.6 Å². The Morgan fingerprint density at radius 2 is 1.50 bits per heavy atom. The maximum atomic E-state index is 6.43.